The van der Waals surface area contributed by atoms with E-state index in [4.69, 9.17) is 0 Å². The normalized spacial score (nSPS) is 15.8. The maximum absolute atomic E-state index is 13.0. The van der Waals surface area contributed by atoms with Gasteiger partial charge in [0.25, 0.3) is 0 Å². The molecule has 0 atom stereocenters. The standard InChI is InChI=1S/C20H22F2N2O/c21-18-6-2-16(3-7-18)14-20(25)24-11-1-10-23(12-13-24)15-17-4-8-19(22)9-5-17/h2-9H,1,10-15H2. The van der Waals surface area contributed by atoms with Gasteiger partial charge in [0.1, 0.15) is 11.6 Å². The molecule has 0 spiro atoms. The molecule has 1 aliphatic rings. The van der Waals surface area contributed by atoms with Gasteiger partial charge in [-0.05, 0) is 41.8 Å². The average molecular weight is 344 g/mol. The minimum atomic E-state index is -0.289. The third kappa shape index (κ3) is 5.10. The van der Waals surface area contributed by atoms with Crippen molar-refractivity contribution in [1.82, 2.24) is 9.80 Å². The van der Waals surface area contributed by atoms with Gasteiger partial charge in [-0.1, -0.05) is 24.3 Å². The highest BCUT2D eigenvalue weighted by Gasteiger charge is 2.19. The first-order chi connectivity index (χ1) is 12.1. The minimum absolute atomic E-state index is 0.0789. The molecule has 1 aliphatic heterocycles. The summed E-state index contributed by atoms with van der Waals surface area (Å²) in [4.78, 5) is 16.7. The molecule has 0 aromatic heterocycles. The van der Waals surface area contributed by atoms with Crippen molar-refractivity contribution >= 4 is 5.91 Å². The van der Waals surface area contributed by atoms with Gasteiger partial charge in [-0.2, -0.15) is 0 Å². The Bertz CT molecular complexity index is 701. The van der Waals surface area contributed by atoms with E-state index >= 15 is 0 Å². The molecule has 1 heterocycles. The highest BCUT2D eigenvalue weighted by Crippen LogP contribution is 2.12. The Labute approximate surface area is 146 Å². The van der Waals surface area contributed by atoms with Crippen molar-refractivity contribution in [1.29, 1.82) is 0 Å². The molecule has 2 aromatic rings. The molecule has 0 bridgehead atoms. The Morgan fingerprint density at radius 3 is 2.04 bits per heavy atom. The van der Waals surface area contributed by atoms with Gasteiger partial charge >= 0.3 is 0 Å². The van der Waals surface area contributed by atoms with E-state index < -0.39 is 0 Å². The maximum atomic E-state index is 13.0. The van der Waals surface area contributed by atoms with Crippen LogP contribution in [0.15, 0.2) is 48.5 Å². The number of rotatable bonds is 4. The second-order valence-electron chi connectivity index (χ2n) is 6.44. The maximum Gasteiger partial charge on any atom is 0.227 e. The Hall–Kier alpha value is -2.27. The molecule has 2 aromatic carbocycles. The molecule has 3 rings (SSSR count). The van der Waals surface area contributed by atoms with Crippen molar-refractivity contribution in [3.8, 4) is 0 Å². The summed E-state index contributed by atoms with van der Waals surface area (Å²) in [6.45, 7) is 3.89. The highest BCUT2D eigenvalue weighted by molar-refractivity contribution is 5.78. The van der Waals surface area contributed by atoms with E-state index in [1.807, 2.05) is 4.90 Å². The molecule has 1 amide bonds. The van der Waals surface area contributed by atoms with Gasteiger partial charge in [0.15, 0.2) is 0 Å². The number of hydrogen-bond donors (Lipinski definition) is 0. The van der Waals surface area contributed by atoms with Crippen LogP contribution in [-0.2, 0) is 17.8 Å². The zero-order chi connectivity index (χ0) is 17.6. The Morgan fingerprint density at radius 1 is 0.800 bits per heavy atom. The second kappa shape index (κ2) is 8.21. The third-order valence-corrected chi connectivity index (χ3v) is 4.53. The van der Waals surface area contributed by atoms with Gasteiger partial charge < -0.3 is 4.90 Å². The van der Waals surface area contributed by atoms with Crippen LogP contribution in [0.4, 0.5) is 8.78 Å². The molecule has 0 N–H and O–H groups in total. The first-order valence-corrected chi connectivity index (χ1v) is 8.59. The molecule has 0 unspecified atom stereocenters. The number of amides is 1. The first-order valence-electron chi connectivity index (χ1n) is 8.59. The van der Waals surface area contributed by atoms with Crippen molar-refractivity contribution in [2.75, 3.05) is 26.2 Å². The van der Waals surface area contributed by atoms with Gasteiger partial charge in [0.05, 0.1) is 6.42 Å². The number of benzene rings is 2. The molecule has 5 heteroatoms. The van der Waals surface area contributed by atoms with E-state index in [0.29, 0.717) is 13.0 Å². The lowest BCUT2D eigenvalue weighted by molar-refractivity contribution is -0.130. The molecule has 0 saturated carbocycles. The summed E-state index contributed by atoms with van der Waals surface area (Å²) in [5.41, 5.74) is 1.91. The quantitative estimate of drug-likeness (QED) is 0.850. The van der Waals surface area contributed by atoms with Crippen LogP contribution < -0.4 is 0 Å². The summed E-state index contributed by atoms with van der Waals surface area (Å²) < 4.78 is 25.9. The van der Waals surface area contributed by atoms with Crippen molar-refractivity contribution in [2.24, 2.45) is 0 Å². The largest absolute Gasteiger partial charge is 0.341 e. The van der Waals surface area contributed by atoms with Crippen LogP contribution in [-0.4, -0.2) is 41.9 Å². The molecule has 3 nitrogen and oxygen atoms in total. The van der Waals surface area contributed by atoms with E-state index in [9.17, 15) is 13.6 Å². The highest BCUT2D eigenvalue weighted by atomic mass is 19.1. The molecule has 1 saturated heterocycles. The fraction of sp³-hybridized carbons (Fsp3) is 0.350. The fourth-order valence-corrected chi connectivity index (χ4v) is 3.12. The van der Waals surface area contributed by atoms with E-state index in [1.54, 1.807) is 24.3 Å². The van der Waals surface area contributed by atoms with Gasteiger partial charge in [-0.25, -0.2) is 8.78 Å². The van der Waals surface area contributed by atoms with Crippen molar-refractivity contribution in [2.45, 2.75) is 19.4 Å². The SMILES string of the molecule is O=C(Cc1ccc(F)cc1)N1CCCN(Cc2ccc(F)cc2)CC1. The van der Waals surface area contributed by atoms with Crippen molar-refractivity contribution in [3.63, 3.8) is 0 Å². The van der Waals surface area contributed by atoms with Crippen LogP contribution in [0.1, 0.15) is 17.5 Å². The summed E-state index contributed by atoms with van der Waals surface area (Å²) in [7, 11) is 0. The molecule has 132 valence electrons. The molecule has 1 fully saturated rings. The van der Waals surface area contributed by atoms with Gasteiger partial charge in [0.2, 0.25) is 5.91 Å². The number of halogens is 2. The topological polar surface area (TPSA) is 23.6 Å². The summed E-state index contributed by atoms with van der Waals surface area (Å²) in [5.74, 6) is -0.435. The van der Waals surface area contributed by atoms with Gasteiger partial charge in [-0.15, -0.1) is 0 Å². The van der Waals surface area contributed by atoms with E-state index in [0.717, 1.165) is 43.7 Å². The number of hydrogen-bond acceptors (Lipinski definition) is 2. The molecular weight excluding hydrogens is 322 g/mol. The lowest BCUT2D eigenvalue weighted by Crippen LogP contribution is -2.36. The average Bonchev–Trinajstić information content (AvgIpc) is 2.85. The summed E-state index contributed by atoms with van der Waals surface area (Å²) in [6.07, 6.45) is 1.22. The van der Waals surface area contributed by atoms with Crippen molar-refractivity contribution in [3.05, 3.63) is 71.3 Å². The smallest absolute Gasteiger partial charge is 0.227 e. The summed E-state index contributed by atoms with van der Waals surface area (Å²) in [6, 6.07) is 12.6. The second-order valence-corrected chi connectivity index (χ2v) is 6.44. The monoisotopic (exact) mass is 344 g/mol. The Morgan fingerprint density at radius 2 is 1.40 bits per heavy atom. The van der Waals surface area contributed by atoms with Crippen LogP contribution in [0.2, 0.25) is 0 Å². The van der Waals surface area contributed by atoms with E-state index in [2.05, 4.69) is 4.90 Å². The minimum Gasteiger partial charge on any atom is -0.341 e. The molecule has 0 aliphatic carbocycles. The summed E-state index contributed by atoms with van der Waals surface area (Å²) in [5, 5.41) is 0. The summed E-state index contributed by atoms with van der Waals surface area (Å²) >= 11 is 0. The predicted octanol–water partition coefficient (Wildman–Crippen LogP) is 3.24. The van der Waals surface area contributed by atoms with Crippen molar-refractivity contribution < 1.29 is 13.6 Å². The third-order valence-electron chi connectivity index (χ3n) is 4.53. The van der Waals surface area contributed by atoms with Gasteiger partial charge in [0, 0.05) is 32.7 Å². The van der Waals surface area contributed by atoms with Crippen LogP contribution in [0, 0.1) is 11.6 Å². The Kier molecular flexibility index (Phi) is 5.76. The zero-order valence-corrected chi connectivity index (χ0v) is 14.1. The van der Waals surface area contributed by atoms with E-state index in [-0.39, 0.29) is 17.5 Å². The van der Waals surface area contributed by atoms with Crippen LogP contribution >= 0.6 is 0 Å². The van der Waals surface area contributed by atoms with Crippen LogP contribution in [0.25, 0.3) is 0 Å². The molecule has 0 radical (unpaired) electrons. The van der Waals surface area contributed by atoms with Gasteiger partial charge in [-0.3, -0.25) is 9.69 Å². The number of nitrogens with zero attached hydrogens (tertiary/aromatic N) is 2. The van der Waals surface area contributed by atoms with Crippen LogP contribution in [0.3, 0.4) is 0 Å². The molecular formula is C20H22F2N2O. The fourth-order valence-electron chi connectivity index (χ4n) is 3.12. The lowest BCUT2D eigenvalue weighted by atomic mass is 10.1. The number of carbonyl (C=O) groups is 1. The Balaban J connectivity index is 1.52. The molecule has 25 heavy (non-hydrogen) atoms. The van der Waals surface area contributed by atoms with E-state index in [1.165, 1.54) is 24.3 Å². The lowest BCUT2D eigenvalue weighted by Gasteiger charge is -2.22. The first kappa shape index (κ1) is 17.5. The number of carbonyl (C=O) groups excluding carboxylic acids is 1. The zero-order valence-electron chi connectivity index (χ0n) is 14.1. The predicted molar refractivity (Wildman–Crippen MR) is 93.0 cm³/mol. The van der Waals surface area contributed by atoms with Crippen LogP contribution in [0.5, 0.6) is 0 Å².